The second-order valence-electron chi connectivity index (χ2n) is 7.69. The molecule has 0 bridgehead atoms. The fourth-order valence-corrected chi connectivity index (χ4v) is 9.56. The van der Waals surface area contributed by atoms with E-state index in [4.69, 9.17) is 16.0 Å². The molecule has 0 amide bonds. The Hall–Kier alpha value is -1.32. The van der Waals surface area contributed by atoms with Crippen LogP contribution < -0.4 is 4.43 Å². The zero-order valence-corrected chi connectivity index (χ0v) is 17.8. The Labute approximate surface area is 157 Å². The van der Waals surface area contributed by atoms with Crippen molar-refractivity contribution in [3.05, 3.63) is 42.0 Å². The van der Waals surface area contributed by atoms with Gasteiger partial charge < -0.3 is 9.22 Å². The van der Waals surface area contributed by atoms with Gasteiger partial charge in [-0.3, -0.25) is 0 Å². The zero-order valence-electron chi connectivity index (χ0n) is 16.0. The molecule has 136 valence electrons. The summed E-state index contributed by atoms with van der Waals surface area (Å²) < 4.78 is 6.86. The third-order valence-electron chi connectivity index (χ3n) is 5.30. The largest absolute Gasteiger partial charge is 0.542 e. The van der Waals surface area contributed by atoms with Gasteiger partial charge in [-0.05, 0) is 39.7 Å². The van der Waals surface area contributed by atoms with Crippen LogP contribution in [-0.4, -0.2) is 14.6 Å². The van der Waals surface area contributed by atoms with Gasteiger partial charge in [0.15, 0.2) is 0 Å². The minimum atomic E-state index is -2.01. The molecule has 0 spiro atoms. The number of aldehydes is 1. The highest BCUT2D eigenvalue weighted by Gasteiger charge is 2.47. The van der Waals surface area contributed by atoms with Crippen LogP contribution in [0.5, 0.6) is 5.75 Å². The summed E-state index contributed by atoms with van der Waals surface area (Å²) in [6.07, 6.45) is 0.761. The van der Waals surface area contributed by atoms with Gasteiger partial charge in [0.05, 0.1) is 0 Å². The number of benzene rings is 2. The zero-order chi connectivity index (χ0) is 18.8. The Morgan fingerprint density at radius 2 is 1.56 bits per heavy atom. The number of carbonyl (C=O) groups excluding carboxylic acids is 1. The number of halogens is 1. The molecule has 0 aliphatic carbocycles. The first-order valence-electron chi connectivity index (χ1n) is 9.05. The molecule has 0 fully saturated rings. The highest BCUT2D eigenvalue weighted by molar-refractivity contribution is 6.78. The van der Waals surface area contributed by atoms with Gasteiger partial charge in [-0.15, -0.1) is 11.6 Å². The molecule has 0 aliphatic rings. The molecule has 1 unspecified atom stereocenters. The van der Waals surface area contributed by atoms with Gasteiger partial charge in [-0.25, -0.2) is 0 Å². The molecule has 2 aromatic carbocycles. The summed E-state index contributed by atoms with van der Waals surface area (Å²) in [5.74, 6) is 0.948. The van der Waals surface area contributed by atoms with Crippen LogP contribution in [0.3, 0.4) is 0 Å². The maximum Gasteiger partial charge on any atom is 0.258 e. The lowest BCUT2D eigenvalue weighted by atomic mass is 10.0. The molecule has 2 rings (SSSR count). The van der Waals surface area contributed by atoms with Crippen molar-refractivity contribution >= 4 is 37.0 Å². The van der Waals surface area contributed by atoms with Crippen molar-refractivity contribution in [2.45, 2.75) is 63.5 Å². The monoisotopic (exact) mass is 376 g/mol. The maximum absolute atomic E-state index is 11.0. The van der Waals surface area contributed by atoms with E-state index in [1.165, 1.54) is 0 Å². The lowest BCUT2D eigenvalue weighted by molar-refractivity contribution is -0.107. The number of rotatable bonds is 7. The average Bonchev–Trinajstić information content (AvgIpc) is 2.57. The molecule has 0 saturated carbocycles. The smallest absolute Gasteiger partial charge is 0.258 e. The van der Waals surface area contributed by atoms with Crippen molar-refractivity contribution in [1.29, 1.82) is 0 Å². The van der Waals surface area contributed by atoms with Crippen molar-refractivity contribution in [3.8, 4) is 5.75 Å². The number of alkyl halides is 1. The Kier molecular flexibility index (Phi) is 6.34. The Morgan fingerprint density at radius 1 is 0.960 bits per heavy atom. The molecule has 0 radical (unpaired) electrons. The molecule has 2 nitrogen and oxygen atoms in total. The summed E-state index contributed by atoms with van der Waals surface area (Å²) in [7, 11) is -2.01. The normalized spacial score (nSPS) is 13.7. The molecule has 0 N–H and O–H groups in total. The molecular weight excluding hydrogens is 348 g/mol. The van der Waals surface area contributed by atoms with Gasteiger partial charge in [0.25, 0.3) is 8.32 Å². The van der Waals surface area contributed by atoms with E-state index in [0.29, 0.717) is 16.6 Å². The van der Waals surface area contributed by atoms with Crippen molar-refractivity contribution in [1.82, 2.24) is 0 Å². The predicted molar refractivity (Wildman–Crippen MR) is 110 cm³/mol. The van der Waals surface area contributed by atoms with Gasteiger partial charge in [0, 0.05) is 5.39 Å². The van der Waals surface area contributed by atoms with Crippen LogP contribution in [0.15, 0.2) is 36.4 Å². The maximum atomic E-state index is 11.0. The number of hydrogen-bond donors (Lipinski definition) is 0. The van der Waals surface area contributed by atoms with Gasteiger partial charge in [0.2, 0.25) is 0 Å². The summed E-state index contributed by atoms with van der Waals surface area (Å²) in [4.78, 5) is 11.0. The summed E-state index contributed by atoms with van der Waals surface area (Å²) in [6.45, 7) is 13.7. The van der Waals surface area contributed by atoms with Crippen LogP contribution in [0.4, 0.5) is 0 Å². The number of fused-ring (bicyclic) bond motifs is 1. The molecule has 4 heteroatoms. The first-order chi connectivity index (χ1) is 11.7. The van der Waals surface area contributed by atoms with Gasteiger partial charge in [-0.1, -0.05) is 65.8 Å². The lowest BCUT2D eigenvalue weighted by Gasteiger charge is -2.42. The number of carbonyl (C=O) groups is 1. The first-order valence-corrected chi connectivity index (χ1v) is 11.6. The second kappa shape index (κ2) is 7.92. The predicted octanol–water partition coefficient (Wildman–Crippen LogP) is 6.87. The molecule has 0 saturated heterocycles. The Morgan fingerprint density at radius 3 is 2.08 bits per heavy atom. The molecule has 0 aliphatic heterocycles. The molecule has 1 atom stereocenters. The highest BCUT2D eigenvalue weighted by Crippen LogP contribution is 2.44. The minimum absolute atomic E-state index is 0.518. The van der Waals surface area contributed by atoms with E-state index in [1.54, 1.807) is 0 Å². The fourth-order valence-electron chi connectivity index (χ4n) is 4.16. The molecule has 0 heterocycles. The summed E-state index contributed by atoms with van der Waals surface area (Å²) in [5, 5.41) is 1.53. The minimum Gasteiger partial charge on any atom is -0.542 e. The van der Waals surface area contributed by atoms with Crippen LogP contribution in [0.2, 0.25) is 16.6 Å². The first kappa shape index (κ1) is 20.0. The average molecular weight is 377 g/mol. The van der Waals surface area contributed by atoms with E-state index in [0.717, 1.165) is 28.4 Å². The quantitative estimate of drug-likeness (QED) is 0.299. The van der Waals surface area contributed by atoms with E-state index in [9.17, 15) is 4.79 Å². The van der Waals surface area contributed by atoms with Crippen LogP contribution in [-0.2, 0) is 4.79 Å². The van der Waals surface area contributed by atoms with Gasteiger partial charge in [0.1, 0.15) is 17.4 Å². The molecule has 2 aromatic rings. The molecule has 0 aromatic heterocycles. The van der Waals surface area contributed by atoms with Gasteiger partial charge in [-0.2, -0.15) is 0 Å². The van der Waals surface area contributed by atoms with E-state index in [1.807, 2.05) is 30.3 Å². The Balaban J connectivity index is 2.55. The summed E-state index contributed by atoms with van der Waals surface area (Å²) in [6, 6.07) is 12.1. The van der Waals surface area contributed by atoms with Crippen molar-refractivity contribution in [3.63, 3.8) is 0 Å². The Bertz CT molecular complexity index is 718. The van der Waals surface area contributed by atoms with E-state index in [2.05, 4.69) is 47.6 Å². The van der Waals surface area contributed by atoms with Gasteiger partial charge >= 0.3 is 0 Å². The second-order valence-corrected chi connectivity index (χ2v) is 13.5. The standard InChI is InChI=1S/C21H29ClO2Si/c1-14(2)25(15(3)4,16(5)6)24-21-9-7-8-17-12-18(20(22)13-23)10-11-19(17)21/h7-16,20H,1-6H3. The molecular formula is C21H29ClO2Si. The number of hydrogen-bond acceptors (Lipinski definition) is 2. The third kappa shape index (κ3) is 3.78. The molecule has 25 heavy (non-hydrogen) atoms. The van der Waals surface area contributed by atoms with Crippen LogP contribution in [0.25, 0.3) is 10.8 Å². The SMILES string of the molecule is CC(C)[Si](Oc1cccc2cc(C(Cl)C=O)ccc12)(C(C)C)C(C)C. The third-order valence-corrected chi connectivity index (χ3v) is 11.6. The van der Waals surface area contributed by atoms with Crippen molar-refractivity contribution in [2.75, 3.05) is 0 Å². The summed E-state index contributed by atoms with van der Waals surface area (Å²) >= 11 is 6.07. The van der Waals surface area contributed by atoms with Crippen molar-refractivity contribution < 1.29 is 9.22 Å². The van der Waals surface area contributed by atoms with E-state index >= 15 is 0 Å². The van der Waals surface area contributed by atoms with Crippen LogP contribution in [0, 0.1) is 0 Å². The van der Waals surface area contributed by atoms with E-state index < -0.39 is 13.7 Å². The van der Waals surface area contributed by atoms with Crippen LogP contribution >= 0.6 is 11.6 Å². The topological polar surface area (TPSA) is 26.3 Å². The fraction of sp³-hybridized carbons (Fsp3) is 0.476. The van der Waals surface area contributed by atoms with Crippen LogP contribution in [0.1, 0.15) is 52.5 Å². The lowest BCUT2D eigenvalue weighted by Crippen LogP contribution is -2.50. The summed E-state index contributed by atoms with van der Waals surface area (Å²) in [5.41, 5.74) is 2.37. The van der Waals surface area contributed by atoms with Crippen molar-refractivity contribution in [2.24, 2.45) is 0 Å². The van der Waals surface area contributed by atoms with E-state index in [-0.39, 0.29) is 0 Å². The highest BCUT2D eigenvalue weighted by atomic mass is 35.5.